The number of anilines is 1. The van der Waals surface area contributed by atoms with Crippen LogP contribution in [0.25, 0.3) is 0 Å². The second-order valence-electron chi connectivity index (χ2n) is 3.89. The van der Waals surface area contributed by atoms with Gasteiger partial charge in [-0.2, -0.15) is 0 Å². The Morgan fingerprint density at radius 3 is 2.50 bits per heavy atom. The summed E-state index contributed by atoms with van der Waals surface area (Å²) in [5.74, 6) is -0.872. The molecular weight excluding hydrogens is 314 g/mol. The van der Waals surface area contributed by atoms with Gasteiger partial charge in [0.05, 0.1) is 0 Å². The molecule has 0 aliphatic carbocycles. The number of carboxylic acid groups (broad SMARTS) is 1. The van der Waals surface area contributed by atoms with Gasteiger partial charge in [-0.3, -0.25) is 0 Å². The lowest BCUT2D eigenvalue weighted by Crippen LogP contribution is -2.20. The Morgan fingerprint density at radius 1 is 1.33 bits per heavy atom. The van der Waals surface area contributed by atoms with Crippen molar-refractivity contribution in [3.63, 3.8) is 0 Å². The van der Waals surface area contributed by atoms with Gasteiger partial charge in [-0.25, -0.2) is 4.79 Å². The smallest absolute Gasteiger partial charge is 0.331 e. The molecule has 1 unspecified atom stereocenters. The number of benzene rings is 1. The van der Waals surface area contributed by atoms with Gasteiger partial charge in [0.25, 0.3) is 0 Å². The fraction of sp³-hybridized carbons (Fsp3) is 0.154. The van der Waals surface area contributed by atoms with Gasteiger partial charge in [0.15, 0.2) is 6.04 Å². The van der Waals surface area contributed by atoms with E-state index in [1.165, 1.54) is 11.3 Å². The zero-order valence-corrected chi connectivity index (χ0v) is 12.1. The van der Waals surface area contributed by atoms with Crippen LogP contribution in [-0.4, -0.2) is 11.1 Å². The predicted octanol–water partition coefficient (Wildman–Crippen LogP) is 4.06. The fourth-order valence-corrected chi connectivity index (χ4v) is 2.87. The van der Waals surface area contributed by atoms with E-state index in [2.05, 4.69) is 21.2 Å². The van der Waals surface area contributed by atoms with Crippen molar-refractivity contribution >= 4 is 38.9 Å². The highest BCUT2D eigenvalue weighted by atomic mass is 79.9. The van der Waals surface area contributed by atoms with Crippen LogP contribution >= 0.6 is 27.3 Å². The number of hydrogen-bond donors (Lipinski definition) is 2. The van der Waals surface area contributed by atoms with Crippen molar-refractivity contribution in [2.45, 2.75) is 13.0 Å². The largest absolute Gasteiger partial charge is 0.479 e. The van der Waals surface area contributed by atoms with Crippen LogP contribution in [0.3, 0.4) is 0 Å². The Hall–Kier alpha value is -1.33. The van der Waals surface area contributed by atoms with Crippen molar-refractivity contribution in [3.8, 4) is 0 Å². The van der Waals surface area contributed by atoms with Crippen LogP contribution in [0.5, 0.6) is 0 Å². The first-order chi connectivity index (χ1) is 8.58. The van der Waals surface area contributed by atoms with E-state index in [1.807, 2.05) is 42.6 Å². The Kier molecular flexibility index (Phi) is 4.04. The lowest BCUT2D eigenvalue weighted by atomic mass is 10.1. The van der Waals surface area contributed by atoms with Crippen LogP contribution in [0.2, 0.25) is 0 Å². The van der Waals surface area contributed by atoms with Gasteiger partial charge in [0.2, 0.25) is 0 Å². The first kappa shape index (κ1) is 13.1. The summed E-state index contributed by atoms with van der Waals surface area (Å²) in [6, 6.07) is 8.68. The Bertz CT molecular complexity index is 550. The first-order valence-corrected chi connectivity index (χ1v) is 7.04. The summed E-state index contributed by atoms with van der Waals surface area (Å²) in [6.45, 7) is 1.92. The molecular formula is C13H12BrNO2S. The summed E-state index contributed by atoms with van der Waals surface area (Å²) in [5, 5.41) is 14.3. The molecule has 0 saturated carbocycles. The zero-order chi connectivity index (χ0) is 13.1. The lowest BCUT2D eigenvalue weighted by Gasteiger charge is -2.15. The van der Waals surface area contributed by atoms with Crippen LogP contribution in [0.15, 0.2) is 40.2 Å². The first-order valence-electron chi connectivity index (χ1n) is 5.37. The number of carboxylic acids is 1. The molecule has 3 nitrogen and oxygen atoms in total. The average Bonchev–Trinajstić information content (AvgIpc) is 2.74. The van der Waals surface area contributed by atoms with E-state index in [9.17, 15) is 9.90 Å². The molecule has 1 atom stereocenters. The van der Waals surface area contributed by atoms with Crippen molar-refractivity contribution in [2.75, 3.05) is 5.32 Å². The van der Waals surface area contributed by atoms with Crippen molar-refractivity contribution in [2.24, 2.45) is 0 Å². The number of aryl methyl sites for hydroxylation is 1. The maximum absolute atomic E-state index is 11.4. The van der Waals surface area contributed by atoms with E-state index in [4.69, 9.17) is 0 Å². The quantitative estimate of drug-likeness (QED) is 0.891. The van der Waals surface area contributed by atoms with Gasteiger partial charge in [0, 0.05) is 15.0 Å². The zero-order valence-electron chi connectivity index (χ0n) is 9.68. The molecule has 2 N–H and O–H groups in total. The second kappa shape index (κ2) is 5.54. The molecule has 1 aromatic heterocycles. The molecule has 0 saturated heterocycles. The van der Waals surface area contributed by atoms with Crippen molar-refractivity contribution in [1.29, 1.82) is 0 Å². The van der Waals surface area contributed by atoms with Gasteiger partial charge < -0.3 is 10.4 Å². The Labute approximate surface area is 118 Å². The third-order valence-electron chi connectivity index (χ3n) is 2.57. The van der Waals surface area contributed by atoms with Gasteiger partial charge in [-0.1, -0.05) is 15.9 Å². The van der Waals surface area contributed by atoms with E-state index in [-0.39, 0.29) is 0 Å². The van der Waals surface area contributed by atoms with E-state index in [1.54, 1.807) is 0 Å². The molecule has 0 fully saturated rings. The van der Waals surface area contributed by atoms with Gasteiger partial charge in [0.1, 0.15) is 0 Å². The number of halogens is 1. The standard InChI is InChI=1S/C13H12BrNO2S/c1-8-6-7-18-12(8)11(13(16)17)15-10-4-2-9(14)3-5-10/h2-7,11,15H,1H3,(H,16,17). The molecule has 0 amide bonds. The number of carbonyl (C=O) groups is 1. The molecule has 18 heavy (non-hydrogen) atoms. The minimum atomic E-state index is -0.872. The summed E-state index contributed by atoms with van der Waals surface area (Å²) in [6.07, 6.45) is 0. The highest BCUT2D eigenvalue weighted by molar-refractivity contribution is 9.10. The fourth-order valence-electron chi connectivity index (χ4n) is 1.63. The Morgan fingerprint density at radius 2 is 2.00 bits per heavy atom. The van der Waals surface area contributed by atoms with Crippen molar-refractivity contribution < 1.29 is 9.90 Å². The van der Waals surface area contributed by atoms with Gasteiger partial charge in [-0.15, -0.1) is 11.3 Å². The van der Waals surface area contributed by atoms with Crippen LogP contribution in [0, 0.1) is 6.92 Å². The maximum atomic E-state index is 11.4. The van der Waals surface area contributed by atoms with E-state index in [0.717, 1.165) is 20.6 Å². The van der Waals surface area contributed by atoms with E-state index < -0.39 is 12.0 Å². The molecule has 5 heteroatoms. The maximum Gasteiger partial charge on any atom is 0.331 e. The lowest BCUT2D eigenvalue weighted by molar-refractivity contribution is -0.138. The van der Waals surface area contributed by atoms with Crippen LogP contribution in [-0.2, 0) is 4.79 Å². The topological polar surface area (TPSA) is 49.3 Å². The molecule has 1 aromatic carbocycles. The molecule has 2 rings (SSSR count). The third-order valence-corrected chi connectivity index (χ3v) is 4.18. The molecule has 94 valence electrons. The molecule has 0 radical (unpaired) electrons. The van der Waals surface area contributed by atoms with E-state index >= 15 is 0 Å². The number of nitrogens with one attached hydrogen (secondary N) is 1. The predicted molar refractivity (Wildman–Crippen MR) is 77.2 cm³/mol. The number of aliphatic carboxylic acids is 1. The summed E-state index contributed by atoms with van der Waals surface area (Å²) in [5.41, 5.74) is 1.79. The summed E-state index contributed by atoms with van der Waals surface area (Å²) >= 11 is 4.80. The van der Waals surface area contributed by atoms with Gasteiger partial charge in [-0.05, 0) is 48.2 Å². The molecule has 1 heterocycles. The molecule has 0 aliphatic rings. The van der Waals surface area contributed by atoms with Crippen LogP contribution in [0.1, 0.15) is 16.5 Å². The summed E-state index contributed by atoms with van der Waals surface area (Å²) in [7, 11) is 0. The summed E-state index contributed by atoms with van der Waals surface area (Å²) in [4.78, 5) is 12.2. The second-order valence-corrected chi connectivity index (χ2v) is 5.75. The highest BCUT2D eigenvalue weighted by Crippen LogP contribution is 2.28. The molecule has 0 aliphatic heterocycles. The van der Waals surface area contributed by atoms with Crippen LogP contribution in [0.4, 0.5) is 5.69 Å². The Balaban J connectivity index is 2.25. The molecule has 0 spiro atoms. The van der Waals surface area contributed by atoms with Crippen molar-refractivity contribution in [1.82, 2.24) is 0 Å². The van der Waals surface area contributed by atoms with Crippen LogP contribution < -0.4 is 5.32 Å². The summed E-state index contributed by atoms with van der Waals surface area (Å²) < 4.78 is 0.965. The number of hydrogen-bond acceptors (Lipinski definition) is 3. The monoisotopic (exact) mass is 325 g/mol. The average molecular weight is 326 g/mol. The minimum Gasteiger partial charge on any atom is -0.479 e. The molecule has 2 aromatic rings. The number of rotatable bonds is 4. The van der Waals surface area contributed by atoms with Crippen molar-refractivity contribution in [3.05, 3.63) is 50.6 Å². The molecule has 0 bridgehead atoms. The normalized spacial score (nSPS) is 12.1. The third kappa shape index (κ3) is 2.91. The van der Waals surface area contributed by atoms with E-state index in [0.29, 0.717) is 0 Å². The van der Waals surface area contributed by atoms with Gasteiger partial charge >= 0.3 is 5.97 Å². The number of thiophene rings is 1. The minimum absolute atomic E-state index is 0.703. The SMILES string of the molecule is Cc1ccsc1C(Nc1ccc(Br)cc1)C(=O)O. The highest BCUT2D eigenvalue weighted by Gasteiger charge is 2.22.